The molecular formula is C15H25N. The molecule has 0 aromatic carbocycles. The van der Waals surface area contributed by atoms with Crippen LogP contribution in [0.1, 0.15) is 51.4 Å². The molecule has 0 amide bonds. The van der Waals surface area contributed by atoms with Gasteiger partial charge >= 0.3 is 0 Å². The summed E-state index contributed by atoms with van der Waals surface area (Å²) in [5.41, 5.74) is 0. The molecule has 1 nitrogen and oxygen atoms in total. The van der Waals surface area contributed by atoms with Crippen LogP contribution in [0, 0.1) is 29.6 Å². The predicted octanol–water partition coefficient (Wildman–Crippen LogP) is 3.20. The standard InChI is InChI=1S/C15H25N/c1-2-13-7-10(1)8-14(13)9-16-15(11-3-4-11)12-5-6-12/h10-16H,1-9H2. The molecule has 0 heterocycles. The van der Waals surface area contributed by atoms with Gasteiger partial charge in [0.25, 0.3) is 0 Å². The van der Waals surface area contributed by atoms with Gasteiger partial charge in [0.1, 0.15) is 0 Å². The van der Waals surface area contributed by atoms with Gasteiger partial charge in [0.2, 0.25) is 0 Å². The molecule has 0 radical (unpaired) electrons. The molecule has 3 atom stereocenters. The molecule has 4 aliphatic carbocycles. The van der Waals surface area contributed by atoms with Crippen molar-refractivity contribution in [2.24, 2.45) is 29.6 Å². The van der Waals surface area contributed by atoms with Crippen LogP contribution in [0.4, 0.5) is 0 Å². The van der Waals surface area contributed by atoms with Crippen molar-refractivity contribution in [3.05, 3.63) is 0 Å². The lowest BCUT2D eigenvalue weighted by molar-refractivity contribution is 0.290. The topological polar surface area (TPSA) is 12.0 Å². The molecule has 1 N–H and O–H groups in total. The molecule has 0 aromatic rings. The fourth-order valence-electron chi connectivity index (χ4n) is 4.54. The molecule has 0 aliphatic heterocycles. The molecular weight excluding hydrogens is 194 g/mol. The number of fused-ring (bicyclic) bond motifs is 2. The number of hydrogen-bond acceptors (Lipinski definition) is 1. The van der Waals surface area contributed by atoms with Crippen molar-refractivity contribution >= 4 is 0 Å². The monoisotopic (exact) mass is 219 g/mol. The minimum absolute atomic E-state index is 0.930. The van der Waals surface area contributed by atoms with Crippen molar-refractivity contribution in [1.29, 1.82) is 0 Å². The number of nitrogens with one attached hydrogen (secondary N) is 1. The van der Waals surface area contributed by atoms with E-state index >= 15 is 0 Å². The first-order valence-electron chi connectivity index (χ1n) is 7.63. The second kappa shape index (κ2) is 3.73. The van der Waals surface area contributed by atoms with Gasteiger partial charge in [-0.15, -0.1) is 0 Å². The average Bonchev–Trinajstić information content (AvgIpc) is 3.21. The Balaban J connectivity index is 1.30. The highest BCUT2D eigenvalue weighted by atomic mass is 15.0. The summed E-state index contributed by atoms with van der Waals surface area (Å²) >= 11 is 0. The van der Waals surface area contributed by atoms with Gasteiger partial charge in [0, 0.05) is 6.04 Å². The Kier molecular flexibility index (Phi) is 2.32. The van der Waals surface area contributed by atoms with Crippen LogP contribution in [0.15, 0.2) is 0 Å². The Labute approximate surface area is 99.4 Å². The summed E-state index contributed by atoms with van der Waals surface area (Å²) in [5, 5.41) is 3.97. The van der Waals surface area contributed by atoms with Crippen LogP contribution < -0.4 is 5.32 Å². The molecule has 0 aromatic heterocycles. The first kappa shape index (κ1) is 9.94. The van der Waals surface area contributed by atoms with E-state index in [1.54, 1.807) is 25.7 Å². The molecule has 16 heavy (non-hydrogen) atoms. The van der Waals surface area contributed by atoms with Gasteiger partial charge in [0.15, 0.2) is 0 Å². The summed E-state index contributed by atoms with van der Waals surface area (Å²) in [6.45, 7) is 1.36. The van der Waals surface area contributed by atoms with E-state index in [2.05, 4.69) is 5.32 Å². The van der Waals surface area contributed by atoms with Crippen molar-refractivity contribution in [2.45, 2.75) is 57.4 Å². The summed E-state index contributed by atoms with van der Waals surface area (Å²) in [5.74, 6) is 5.43. The van der Waals surface area contributed by atoms with Gasteiger partial charge in [0.05, 0.1) is 0 Å². The number of rotatable bonds is 5. The summed E-state index contributed by atoms with van der Waals surface area (Å²) in [4.78, 5) is 0. The minimum atomic E-state index is 0.930. The molecule has 90 valence electrons. The zero-order valence-electron chi connectivity index (χ0n) is 10.3. The van der Waals surface area contributed by atoms with Gasteiger partial charge in [-0.2, -0.15) is 0 Å². The van der Waals surface area contributed by atoms with Crippen LogP contribution in [0.2, 0.25) is 0 Å². The van der Waals surface area contributed by atoms with Gasteiger partial charge in [-0.05, 0) is 81.1 Å². The van der Waals surface area contributed by atoms with Crippen LogP contribution in [0.25, 0.3) is 0 Å². The quantitative estimate of drug-likeness (QED) is 0.749. The summed E-state index contributed by atoms with van der Waals surface area (Å²) in [6.07, 6.45) is 12.3. The van der Waals surface area contributed by atoms with Crippen molar-refractivity contribution < 1.29 is 0 Å². The minimum Gasteiger partial charge on any atom is -0.313 e. The molecule has 4 saturated carbocycles. The van der Waals surface area contributed by atoms with E-state index in [-0.39, 0.29) is 0 Å². The highest BCUT2D eigenvalue weighted by Gasteiger charge is 2.43. The summed E-state index contributed by atoms with van der Waals surface area (Å²) in [6, 6.07) is 0.930. The molecule has 2 bridgehead atoms. The second-order valence-electron chi connectivity index (χ2n) is 7.04. The van der Waals surface area contributed by atoms with Gasteiger partial charge < -0.3 is 5.32 Å². The van der Waals surface area contributed by atoms with E-state index in [0.717, 1.165) is 35.6 Å². The third kappa shape index (κ3) is 1.81. The third-order valence-electron chi connectivity index (χ3n) is 5.76. The smallest absolute Gasteiger partial charge is 0.0124 e. The maximum atomic E-state index is 3.97. The van der Waals surface area contributed by atoms with E-state index < -0.39 is 0 Å². The van der Waals surface area contributed by atoms with E-state index in [1.807, 2.05) is 0 Å². The van der Waals surface area contributed by atoms with Crippen molar-refractivity contribution in [3.63, 3.8) is 0 Å². The highest BCUT2D eigenvalue weighted by Crippen LogP contribution is 2.49. The Morgan fingerprint density at radius 2 is 1.62 bits per heavy atom. The van der Waals surface area contributed by atoms with Crippen LogP contribution >= 0.6 is 0 Å². The maximum Gasteiger partial charge on any atom is 0.0124 e. The fourth-order valence-corrected chi connectivity index (χ4v) is 4.54. The lowest BCUT2D eigenvalue weighted by Crippen LogP contribution is -2.37. The van der Waals surface area contributed by atoms with E-state index in [9.17, 15) is 0 Å². The number of hydrogen-bond donors (Lipinski definition) is 1. The van der Waals surface area contributed by atoms with Gasteiger partial charge in [-0.3, -0.25) is 0 Å². The SMILES string of the molecule is C1CC2CC1CC2CNC(C1CC1)C1CC1. The van der Waals surface area contributed by atoms with Gasteiger partial charge in [-0.25, -0.2) is 0 Å². The third-order valence-corrected chi connectivity index (χ3v) is 5.76. The molecule has 4 rings (SSSR count). The Morgan fingerprint density at radius 3 is 2.12 bits per heavy atom. The van der Waals surface area contributed by atoms with E-state index in [0.29, 0.717) is 0 Å². The summed E-state index contributed by atoms with van der Waals surface area (Å²) in [7, 11) is 0. The van der Waals surface area contributed by atoms with Crippen LogP contribution in [-0.4, -0.2) is 12.6 Å². The molecule has 4 aliphatic rings. The molecule has 0 saturated heterocycles. The molecule has 0 spiro atoms. The van der Waals surface area contributed by atoms with Crippen LogP contribution in [0.3, 0.4) is 0 Å². The fraction of sp³-hybridized carbons (Fsp3) is 1.00. The first-order chi connectivity index (χ1) is 7.90. The largest absolute Gasteiger partial charge is 0.313 e. The lowest BCUT2D eigenvalue weighted by Gasteiger charge is -2.25. The summed E-state index contributed by atoms with van der Waals surface area (Å²) < 4.78 is 0. The van der Waals surface area contributed by atoms with Crippen LogP contribution in [-0.2, 0) is 0 Å². The zero-order chi connectivity index (χ0) is 10.5. The van der Waals surface area contributed by atoms with Crippen LogP contribution in [0.5, 0.6) is 0 Å². The van der Waals surface area contributed by atoms with Crippen molar-refractivity contribution in [3.8, 4) is 0 Å². The normalized spacial score (nSPS) is 42.2. The van der Waals surface area contributed by atoms with Gasteiger partial charge in [-0.1, -0.05) is 6.42 Å². The Morgan fingerprint density at radius 1 is 0.875 bits per heavy atom. The van der Waals surface area contributed by atoms with E-state index in [1.165, 1.54) is 32.2 Å². The second-order valence-corrected chi connectivity index (χ2v) is 7.04. The van der Waals surface area contributed by atoms with Crippen molar-refractivity contribution in [1.82, 2.24) is 5.32 Å². The molecule has 4 fully saturated rings. The highest BCUT2D eigenvalue weighted by molar-refractivity contribution is 4.98. The van der Waals surface area contributed by atoms with Crippen molar-refractivity contribution in [2.75, 3.05) is 6.54 Å². The average molecular weight is 219 g/mol. The lowest BCUT2D eigenvalue weighted by atomic mass is 9.88. The predicted molar refractivity (Wildman–Crippen MR) is 66.2 cm³/mol. The van der Waals surface area contributed by atoms with E-state index in [4.69, 9.17) is 0 Å². The molecule has 1 heteroatoms. The first-order valence-corrected chi connectivity index (χ1v) is 7.63. The Bertz CT molecular complexity index is 255. The maximum absolute atomic E-state index is 3.97. The zero-order valence-corrected chi connectivity index (χ0v) is 10.3. The molecule has 3 unspecified atom stereocenters. The Hall–Kier alpha value is -0.0400.